The van der Waals surface area contributed by atoms with Gasteiger partial charge in [-0.2, -0.15) is 4.68 Å². The van der Waals surface area contributed by atoms with Crippen LogP contribution in [-0.4, -0.2) is 25.0 Å². The molecule has 0 bridgehead atoms. The average Bonchev–Trinajstić information content (AvgIpc) is 2.73. The van der Waals surface area contributed by atoms with Crippen molar-refractivity contribution in [3.05, 3.63) is 35.6 Å². The molecule has 0 saturated heterocycles. The highest BCUT2D eigenvalue weighted by Crippen LogP contribution is 2.21. The number of nitrogen functional groups attached to an aromatic ring is 1. The largest absolute Gasteiger partial charge is 0.397 e. The summed E-state index contributed by atoms with van der Waals surface area (Å²) >= 11 is 6.06. The average molecular weight is 247 g/mol. The molecule has 84 valence electrons. The SMILES string of the molecule is Nc1cnc(-n2nnc3cccnc32)c(Cl)c1. The molecule has 0 amide bonds. The van der Waals surface area contributed by atoms with Crippen molar-refractivity contribution in [3.63, 3.8) is 0 Å². The number of hydrogen-bond donors (Lipinski definition) is 1. The first-order valence-corrected chi connectivity index (χ1v) is 5.21. The molecule has 0 radical (unpaired) electrons. The lowest BCUT2D eigenvalue weighted by Crippen LogP contribution is -2.02. The van der Waals surface area contributed by atoms with Gasteiger partial charge in [0.05, 0.1) is 16.9 Å². The standard InChI is InChI=1S/C10H7ClN6/c11-7-4-6(12)5-14-9(7)17-10-8(15-16-17)2-1-3-13-10/h1-5H,12H2. The van der Waals surface area contributed by atoms with E-state index in [2.05, 4.69) is 20.3 Å². The summed E-state index contributed by atoms with van der Waals surface area (Å²) in [6.45, 7) is 0. The number of fused-ring (bicyclic) bond motifs is 1. The molecule has 0 spiro atoms. The summed E-state index contributed by atoms with van der Waals surface area (Å²) in [5, 5.41) is 8.36. The summed E-state index contributed by atoms with van der Waals surface area (Å²) < 4.78 is 1.48. The smallest absolute Gasteiger partial charge is 0.185 e. The van der Waals surface area contributed by atoms with Crippen molar-refractivity contribution >= 4 is 28.5 Å². The number of pyridine rings is 2. The van der Waals surface area contributed by atoms with Crippen molar-refractivity contribution in [1.29, 1.82) is 0 Å². The summed E-state index contributed by atoms with van der Waals surface area (Å²) in [4.78, 5) is 8.32. The highest BCUT2D eigenvalue weighted by Gasteiger charge is 2.11. The number of anilines is 1. The molecule has 3 heterocycles. The Kier molecular flexibility index (Phi) is 2.15. The van der Waals surface area contributed by atoms with Gasteiger partial charge >= 0.3 is 0 Å². The molecular weight excluding hydrogens is 240 g/mol. The molecular formula is C10H7ClN6. The van der Waals surface area contributed by atoms with E-state index in [-0.39, 0.29) is 0 Å². The van der Waals surface area contributed by atoms with Crippen LogP contribution >= 0.6 is 11.6 Å². The van der Waals surface area contributed by atoms with Crippen LogP contribution in [0.15, 0.2) is 30.6 Å². The summed E-state index contributed by atoms with van der Waals surface area (Å²) in [5.74, 6) is 0.460. The summed E-state index contributed by atoms with van der Waals surface area (Å²) in [6.07, 6.45) is 3.17. The fourth-order valence-electron chi connectivity index (χ4n) is 1.51. The van der Waals surface area contributed by atoms with E-state index in [1.807, 2.05) is 6.07 Å². The molecule has 0 aliphatic heterocycles. The van der Waals surface area contributed by atoms with E-state index in [1.165, 1.54) is 10.9 Å². The molecule has 0 aliphatic carbocycles. The van der Waals surface area contributed by atoms with Crippen molar-refractivity contribution in [2.45, 2.75) is 0 Å². The zero-order valence-corrected chi connectivity index (χ0v) is 9.33. The van der Waals surface area contributed by atoms with Gasteiger partial charge in [-0.15, -0.1) is 5.10 Å². The van der Waals surface area contributed by atoms with Crippen LogP contribution in [0.4, 0.5) is 5.69 Å². The van der Waals surface area contributed by atoms with Crippen LogP contribution in [0.3, 0.4) is 0 Å². The van der Waals surface area contributed by atoms with E-state index in [4.69, 9.17) is 17.3 Å². The van der Waals surface area contributed by atoms with Gasteiger partial charge in [0.1, 0.15) is 5.52 Å². The van der Waals surface area contributed by atoms with Crippen LogP contribution in [-0.2, 0) is 0 Å². The van der Waals surface area contributed by atoms with Crippen molar-refractivity contribution in [2.24, 2.45) is 0 Å². The number of halogens is 1. The first-order chi connectivity index (χ1) is 8.25. The Morgan fingerprint density at radius 1 is 1.29 bits per heavy atom. The maximum absolute atomic E-state index is 6.06. The zero-order chi connectivity index (χ0) is 11.8. The first kappa shape index (κ1) is 9.98. The van der Waals surface area contributed by atoms with Gasteiger partial charge in [0.25, 0.3) is 0 Å². The van der Waals surface area contributed by atoms with E-state index in [0.717, 1.165) is 0 Å². The van der Waals surface area contributed by atoms with Gasteiger partial charge in [-0.3, -0.25) is 0 Å². The minimum atomic E-state index is 0.405. The van der Waals surface area contributed by atoms with Crippen molar-refractivity contribution in [2.75, 3.05) is 5.73 Å². The Labute approximate surface area is 101 Å². The van der Waals surface area contributed by atoms with Crippen LogP contribution in [0.25, 0.3) is 17.0 Å². The van der Waals surface area contributed by atoms with Crippen molar-refractivity contribution < 1.29 is 0 Å². The third kappa shape index (κ3) is 1.58. The number of hydrogen-bond acceptors (Lipinski definition) is 5. The van der Waals surface area contributed by atoms with E-state index in [0.29, 0.717) is 27.7 Å². The van der Waals surface area contributed by atoms with E-state index in [1.54, 1.807) is 18.3 Å². The lowest BCUT2D eigenvalue weighted by atomic mass is 10.4. The fourth-order valence-corrected chi connectivity index (χ4v) is 1.76. The molecule has 0 atom stereocenters. The molecule has 0 saturated carbocycles. The van der Waals surface area contributed by atoms with Crippen molar-refractivity contribution in [1.82, 2.24) is 25.0 Å². The molecule has 7 heteroatoms. The van der Waals surface area contributed by atoms with Gasteiger partial charge in [0.15, 0.2) is 11.5 Å². The fraction of sp³-hybridized carbons (Fsp3) is 0. The maximum atomic E-state index is 6.06. The second-order valence-electron chi connectivity index (χ2n) is 3.42. The molecule has 3 aromatic heterocycles. The van der Waals surface area contributed by atoms with E-state index >= 15 is 0 Å². The highest BCUT2D eigenvalue weighted by atomic mass is 35.5. The lowest BCUT2D eigenvalue weighted by molar-refractivity contribution is 0.795. The molecule has 0 fully saturated rings. The number of aromatic nitrogens is 5. The minimum absolute atomic E-state index is 0.405. The van der Waals surface area contributed by atoms with Gasteiger partial charge in [-0.25, -0.2) is 9.97 Å². The van der Waals surface area contributed by atoms with Crippen LogP contribution in [0.1, 0.15) is 0 Å². The summed E-state index contributed by atoms with van der Waals surface area (Å²) in [5.41, 5.74) is 7.37. The maximum Gasteiger partial charge on any atom is 0.185 e. The Hall–Kier alpha value is -2.21. The molecule has 3 aromatic rings. The normalized spacial score (nSPS) is 10.9. The quantitative estimate of drug-likeness (QED) is 0.703. The van der Waals surface area contributed by atoms with Crippen LogP contribution < -0.4 is 5.73 Å². The molecule has 2 N–H and O–H groups in total. The topological polar surface area (TPSA) is 82.5 Å². The Bertz CT molecular complexity index is 692. The third-order valence-electron chi connectivity index (χ3n) is 2.25. The van der Waals surface area contributed by atoms with Crippen molar-refractivity contribution in [3.8, 4) is 5.82 Å². The second-order valence-corrected chi connectivity index (χ2v) is 3.83. The third-order valence-corrected chi connectivity index (χ3v) is 2.53. The van der Waals surface area contributed by atoms with Gasteiger partial charge in [-0.05, 0) is 18.2 Å². The summed E-state index contributed by atoms with van der Waals surface area (Å²) in [6, 6.07) is 5.22. The van der Waals surface area contributed by atoms with Crippen LogP contribution in [0.5, 0.6) is 0 Å². The molecule has 3 rings (SSSR count). The molecule has 17 heavy (non-hydrogen) atoms. The second kappa shape index (κ2) is 3.67. The number of nitrogens with two attached hydrogens (primary N) is 1. The predicted octanol–water partition coefficient (Wildman–Crippen LogP) is 1.45. The molecule has 0 unspecified atom stereocenters. The Morgan fingerprint density at radius 3 is 3.00 bits per heavy atom. The van der Waals surface area contributed by atoms with Crippen LogP contribution in [0, 0.1) is 0 Å². The molecule has 6 nitrogen and oxygen atoms in total. The predicted molar refractivity (Wildman–Crippen MR) is 63.9 cm³/mol. The van der Waals surface area contributed by atoms with Gasteiger partial charge in [-0.1, -0.05) is 16.8 Å². The highest BCUT2D eigenvalue weighted by molar-refractivity contribution is 6.32. The minimum Gasteiger partial charge on any atom is -0.397 e. The Balaban J connectivity index is 2.27. The van der Waals surface area contributed by atoms with E-state index < -0.39 is 0 Å². The number of nitrogens with zero attached hydrogens (tertiary/aromatic N) is 5. The monoisotopic (exact) mass is 246 g/mol. The zero-order valence-electron chi connectivity index (χ0n) is 8.58. The number of rotatable bonds is 1. The molecule has 0 aliphatic rings. The van der Waals surface area contributed by atoms with Gasteiger partial charge < -0.3 is 5.73 Å². The first-order valence-electron chi connectivity index (χ1n) is 4.83. The van der Waals surface area contributed by atoms with E-state index in [9.17, 15) is 0 Å². The molecule has 0 aromatic carbocycles. The summed E-state index contributed by atoms with van der Waals surface area (Å²) in [7, 11) is 0. The van der Waals surface area contributed by atoms with Crippen LogP contribution in [0.2, 0.25) is 5.02 Å². The Morgan fingerprint density at radius 2 is 2.18 bits per heavy atom. The lowest BCUT2D eigenvalue weighted by Gasteiger charge is -2.03. The van der Waals surface area contributed by atoms with Gasteiger partial charge in [0, 0.05) is 6.20 Å². The van der Waals surface area contributed by atoms with Gasteiger partial charge in [0.2, 0.25) is 0 Å².